The minimum atomic E-state index is -0.627. The molecule has 0 bridgehead atoms. The number of benzene rings is 3. The van der Waals surface area contributed by atoms with Crippen molar-refractivity contribution in [2.24, 2.45) is 0 Å². The van der Waals surface area contributed by atoms with Crippen LogP contribution in [0.4, 0.5) is 5.69 Å². The smallest absolute Gasteiger partial charge is 0.340 e. The Hall–Kier alpha value is -3.67. The molecule has 1 heterocycles. The Kier molecular flexibility index (Phi) is 4.07. The van der Waals surface area contributed by atoms with E-state index in [1.54, 1.807) is 24.3 Å². The molecule has 26 heavy (non-hydrogen) atoms. The summed E-state index contributed by atoms with van der Waals surface area (Å²) >= 11 is 0. The molecular formula is C20H14N2O4. The van der Waals surface area contributed by atoms with Gasteiger partial charge in [0.25, 0.3) is 5.91 Å². The molecule has 0 radical (unpaired) electrons. The van der Waals surface area contributed by atoms with Crippen LogP contribution in [0.5, 0.6) is 0 Å². The van der Waals surface area contributed by atoms with E-state index in [4.69, 9.17) is 9.15 Å². The lowest BCUT2D eigenvalue weighted by Gasteiger charge is -2.08. The van der Waals surface area contributed by atoms with Crippen molar-refractivity contribution in [1.29, 1.82) is 0 Å². The zero-order valence-electron chi connectivity index (χ0n) is 13.6. The van der Waals surface area contributed by atoms with Gasteiger partial charge in [-0.2, -0.15) is 0 Å². The summed E-state index contributed by atoms with van der Waals surface area (Å²) in [6.45, 7) is -0.389. The maximum Gasteiger partial charge on any atom is 0.340 e. The molecule has 0 saturated carbocycles. The number of nitrogens with zero attached hydrogens (tertiary/aromatic N) is 1. The molecule has 0 spiro atoms. The number of para-hydroxylation sites is 1. The van der Waals surface area contributed by atoms with E-state index in [-0.39, 0.29) is 12.2 Å². The molecule has 0 atom stereocenters. The van der Waals surface area contributed by atoms with Crippen molar-refractivity contribution in [3.8, 4) is 0 Å². The Morgan fingerprint density at radius 3 is 2.73 bits per heavy atom. The molecule has 0 unspecified atom stereocenters. The van der Waals surface area contributed by atoms with Crippen LogP contribution < -0.4 is 5.32 Å². The molecule has 0 fully saturated rings. The van der Waals surface area contributed by atoms with Crippen LogP contribution in [0.1, 0.15) is 10.4 Å². The highest BCUT2D eigenvalue weighted by atomic mass is 16.5. The first kappa shape index (κ1) is 15.8. The Labute approximate surface area is 148 Å². The molecule has 3 aromatic carbocycles. The first-order chi connectivity index (χ1) is 12.7. The topological polar surface area (TPSA) is 81.4 Å². The summed E-state index contributed by atoms with van der Waals surface area (Å²) in [5, 5.41) is 4.82. The summed E-state index contributed by atoms with van der Waals surface area (Å²) < 4.78 is 10.2. The summed E-state index contributed by atoms with van der Waals surface area (Å²) in [4.78, 5) is 28.3. The van der Waals surface area contributed by atoms with Crippen LogP contribution in [-0.2, 0) is 9.53 Å². The van der Waals surface area contributed by atoms with Gasteiger partial charge in [-0.25, -0.2) is 9.78 Å². The van der Waals surface area contributed by atoms with E-state index < -0.39 is 11.9 Å². The van der Waals surface area contributed by atoms with E-state index >= 15 is 0 Å². The number of ether oxygens (including phenoxy) is 1. The van der Waals surface area contributed by atoms with Crippen molar-refractivity contribution in [2.75, 3.05) is 11.9 Å². The van der Waals surface area contributed by atoms with Gasteiger partial charge in [-0.05, 0) is 35.0 Å². The number of carbonyl (C=O) groups excluding carboxylic acids is 2. The van der Waals surface area contributed by atoms with Gasteiger partial charge in [-0.15, -0.1) is 0 Å². The number of nitrogens with one attached hydrogen (secondary N) is 1. The third kappa shape index (κ3) is 3.12. The highest BCUT2D eigenvalue weighted by Gasteiger charge is 2.15. The lowest BCUT2D eigenvalue weighted by Crippen LogP contribution is -2.21. The van der Waals surface area contributed by atoms with Crippen LogP contribution in [-0.4, -0.2) is 23.5 Å². The summed E-state index contributed by atoms with van der Waals surface area (Å²) in [5.41, 5.74) is 1.80. The minimum Gasteiger partial charge on any atom is -0.452 e. The van der Waals surface area contributed by atoms with E-state index in [1.165, 1.54) is 6.39 Å². The zero-order chi connectivity index (χ0) is 17.9. The van der Waals surface area contributed by atoms with Crippen molar-refractivity contribution >= 4 is 39.4 Å². The first-order valence-electron chi connectivity index (χ1n) is 7.99. The molecule has 1 amide bonds. The number of anilines is 1. The molecule has 6 nitrogen and oxygen atoms in total. The van der Waals surface area contributed by atoms with Gasteiger partial charge in [0.05, 0.1) is 5.56 Å². The van der Waals surface area contributed by atoms with E-state index in [2.05, 4.69) is 10.3 Å². The maximum absolute atomic E-state index is 12.2. The lowest BCUT2D eigenvalue weighted by atomic mass is 10.1. The summed E-state index contributed by atoms with van der Waals surface area (Å²) in [6, 6.07) is 18.4. The van der Waals surface area contributed by atoms with Crippen LogP contribution in [0.25, 0.3) is 21.9 Å². The summed E-state index contributed by atoms with van der Waals surface area (Å²) in [7, 11) is 0. The Morgan fingerprint density at radius 1 is 1.00 bits per heavy atom. The largest absolute Gasteiger partial charge is 0.452 e. The van der Waals surface area contributed by atoms with E-state index in [1.807, 2.05) is 36.4 Å². The third-order valence-corrected chi connectivity index (χ3v) is 3.95. The highest BCUT2D eigenvalue weighted by Crippen LogP contribution is 2.19. The van der Waals surface area contributed by atoms with Gasteiger partial charge in [-0.1, -0.05) is 36.4 Å². The molecule has 0 aliphatic heterocycles. The minimum absolute atomic E-state index is 0.259. The van der Waals surface area contributed by atoms with Crippen LogP contribution in [0.3, 0.4) is 0 Å². The number of esters is 1. The van der Waals surface area contributed by atoms with Gasteiger partial charge in [0, 0.05) is 5.69 Å². The molecule has 128 valence electrons. The Balaban J connectivity index is 1.41. The number of fused-ring (bicyclic) bond motifs is 2. The molecule has 1 N–H and O–H groups in total. The van der Waals surface area contributed by atoms with Crippen LogP contribution in [0.2, 0.25) is 0 Å². The van der Waals surface area contributed by atoms with Gasteiger partial charge in [0.1, 0.15) is 5.52 Å². The molecular weight excluding hydrogens is 332 g/mol. The third-order valence-electron chi connectivity index (χ3n) is 3.95. The number of amides is 1. The second-order valence-corrected chi connectivity index (χ2v) is 5.69. The second-order valence-electron chi connectivity index (χ2n) is 5.69. The number of hydrogen-bond donors (Lipinski definition) is 1. The van der Waals surface area contributed by atoms with Gasteiger partial charge in [0.2, 0.25) is 0 Å². The standard InChI is InChI=1S/C20H14N2O4/c23-18(22-15-9-8-13-4-1-2-5-14(13)10-15)11-25-20(24)16-6-3-7-17-19(16)21-12-26-17/h1-10,12H,11H2,(H,22,23). The SMILES string of the molecule is O=C(COC(=O)c1cccc2ocnc12)Nc1ccc2ccccc2c1. The normalized spacial score (nSPS) is 10.8. The molecule has 0 saturated heterocycles. The van der Waals surface area contributed by atoms with Crippen LogP contribution in [0.15, 0.2) is 71.5 Å². The van der Waals surface area contributed by atoms with Gasteiger partial charge < -0.3 is 14.5 Å². The highest BCUT2D eigenvalue weighted by molar-refractivity contribution is 6.03. The van der Waals surface area contributed by atoms with Gasteiger partial charge >= 0.3 is 5.97 Å². The molecule has 1 aromatic heterocycles. The molecule has 4 rings (SSSR count). The predicted molar refractivity (Wildman–Crippen MR) is 96.9 cm³/mol. The first-order valence-corrected chi connectivity index (χ1v) is 7.99. The van der Waals surface area contributed by atoms with Crippen molar-refractivity contribution in [1.82, 2.24) is 4.98 Å². The van der Waals surface area contributed by atoms with Crippen molar-refractivity contribution in [2.45, 2.75) is 0 Å². The fraction of sp³-hybridized carbons (Fsp3) is 0.0500. The molecule has 0 aliphatic rings. The Bertz CT molecular complexity index is 1120. The molecule has 4 aromatic rings. The Morgan fingerprint density at radius 2 is 1.85 bits per heavy atom. The van der Waals surface area contributed by atoms with Crippen LogP contribution >= 0.6 is 0 Å². The maximum atomic E-state index is 12.2. The van der Waals surface area contributed by atoms with Crippen molar-refractivity contribution in [3.63, 3.8) is 0 Å². The number of oxazole rings is 1. The molecule has 6 heteroatoms. The fourth-order valence-electron chi connectivity index (χ4n) is 2.72. The van der Waals surface area contributed by atoms with Crippen molar-refractivity contribution in [3.05, 3.63) is 72.6 Å². The quantitative estimate of drug-likeness (QED) is 0.569. The summed E-state index contributed by atoms with van der Waals surface area (Å²) in [6.07, 6.45) is 1.26. The number of aromatic nitrogens is 1. The number of hydrogen-bond acceptors (Lipinski definition) is 5. The van der Waals surface area contributed by atoms with Crippen LogP contribution in [0, 0.1) is 0 Å². The average molecular weight is 346 g/mol. The van der Waals surface area contributed by atoms with Crippen molar-refractivity contribution < 1.29 is 18.7 Å². The fourth-order valence-corrected chi connectivity index (χ4v) is 2.72. The second kappa shape index (κ2) is 6.68. The zero-order valence-corrected chi connectivity index (χ0v) is 13.6. The van der Waals surface area contributed by atoms with E-state index in [0.717, 1.165) is 10.8 Å². The number of carbonyl (C=O) groups is 2. The number of rotatable bonds is 4. The molecule has 0 aliphatic carbocycles. The van der Waals surface area contributed by atoms with Gasteiger partial charge in [0.15, 0.2) is 18.6 Å². The lowest BCUT2D eigenvalue weighted by molar-refractivity contribution is -0.119. The predicted octanol–water partition coefficient (Wildman–Crippen LogP) is 3.78. The average Bonchev–Trinajstić information content (AvgIpc) is 3.15. The van der Waals surface area contributed by atoms with Gasteiger partial charge in [-0.3, -0.25) is 4.79 Å². The van der Waals surface area contributed by atoms with E-state index in [9.17, 15) is 9.59 Å². The van der Waals surface area contributed by atoms with E-state index in [0.29, 0.717) is 16.8 Å². The summed E-state index contributed by atoms with van der Waals surface area (Å²) in [5.74, 6) is -1.04. The monoisotopic (exact) mass is 346 g/mol.